The SMILES string of the molecule is CCOc1c(I)cc(CNc2ccc([N+](=O)[O-])cc2)cc1OC. The standard InChI is InChI=1S/C16H17IN2O4/c1-3-23-16-14(17)8-11(9-15(16)22-2)10-18-12-4-6-13(7-5-12)19(20)21/h4-9,18H,3,10H2,1-2H3. The molecule has 2 aromatic carbocycles. The van der Waals surface area contributed by atoms with Crippen LogP contribution in [0.4, 0.5) is 11.4 Å². The van der Waals surface area contributed by atoms with E-state index in [-0.39, 0.29) is 5.69 Å². The molecule has 0 aliphatic rings. The van der Waals surface area contributed by atoms with Crippen LogP contribution in [-0.2, 0) is 6.54 Å². The minimum atomic E-state index is -0.413. The van der Waals surface area contributed by atoms with Gasteiger partial charge in [-0.25, -0.2) is 0 Å². The van der Waals surface area contributed by atoms with Gasteiger partial charge in [-0.2, -0.15) is 0 Å². The first-order chi connectivity index (χ1) is 11.0. The molecule has 23 heavy (non-hydrogen) atoms. The van der Waals surface area contributed by atoms with E-state index in [4.69, 9.17) is 9.47 Å². The quantitative estimate of drug-likeness (QED) is 0.406. The van der Waals surface area contributed by atoms with Crippen molar-refractivity contribution < 1.29 is 14.4 Å². The van der Waals surface area contributed by atoms with Crippen LogP contribution in [0.1, 0.15) is 12.5 Å². The monoisotopic (exact) mass is 428 g/mol. The lowest BCUT2D eigenvalue weighted by atomic mass is 10.2. The van der Waals surface area contributed by atoms with Crippen molar-refractivity contribution in [3.63, 3.8) is 0 Å². The molecule has 0 bridgehead atoms. The number of hydrogen-bond acceptors (Lipinski definition) is 5. The minimum absolute atomic E-state index is 0.0767. The van der Waals surface area contributed by atoms with E-state index in [2.05, 4.69) is 27.9 Å². The van der Waals surface area contributed by atoms with Crippen molar-refractivity contribution in [1.29, 1.82) is 0 Å². The predicted octanol–water partition coefficient (Wildman–Crippen LogP) is 4.22. The maximum Gasteiger partial charge on any atom is 0.269 e. The number of nitrogens with zero attached hydrogens (tertiary/aromatic N) is 1. The number of methoxy groups -OCH3 is 1. The van der Waals surface area contributed by atoms with E-state index in [1.165, 1.54) is 12.1 Å². The molecule has 1 N–H and O–H groups in total. The van der Waals surface area contributed by atoms with Gasteiger partial charge in [0.1, 0.15) is 0 Å². The van der Waals surface area contributed by atoms with Gasteiger partial charge in [-0.05, 0) is 59.3 Å². The van der Waals surface area contributed by atoms with Crippen molar-refractivity contribution in [3.05, 3.63) is 55.6 Å². The van der Waals surface area contributed by atoms with E-state index >= 15 is 0 Å². The average molecular weight is 428 g/mol. The van der Waals surface area contributed by atoms with Crippen LogP contribution in [0, 0.1) is 13.7 Å². The smallest absolute Gasteiger partial charge is 0.269 e. The summed E-state index contributed by atoms with van der Waals surface area (Å²) in [5, 5.41) is 13.9. The maximum atomic E-state index is 10.6. The third kappa shape index (κ3) is 4.47. The zero-order valence-corrected chi connectivity index (χ0v) is 15.0. The summed E-state index contributed by atoms with van der Waals surface area (Å²) in [6, 6.07) is 10.3. The number of nitrogens with one attached hydrogen (secondary N) is 1. The number of nitro groups is 1. The number of ether oxygens (including phenoxy) is 2. The van der Waals surface area contributed by atoms with Gasteiger partial charge in [-0.1, -0.05) is 0 Å². The van der Waals surface area contributed by atoms with Gasteiger partial charge in [0, 0.05) is 24.4 Å². The number of hydrogen-bond donors (Lipinski definition) is 1. The molecule has 0 unspecified atom stereocenters. The molecule has 6 nitrogen and oxygen atoms in total. The van der Waals surface area contributed by atoms with Gasteiger partial charge in [0.05, 0.1) is 22.2 Å². The van der Waals surface area contributed by atoms with Crippen molar-refractivity contribution in [3.8, 4) is 11.5 Å². The molecule has 0 saturated heterocycles. The Balaban J connectivity index is 2.11. The van der Waals surface area contributed by atoms with Crippen LogP contribution in [0.3, 0.4) is 0 Å². The highest BCUT2D eigenvalue weighted by atomic mass is 127. The Morgan fingerprint density at radius 3 is 2.52 bits per heavy atom. The minimum Gasteiger partial charge on any atom is -0.493 e. The Morgan fingerprint density at radius 2 is 1.96 bits per heavy atom. The second kappa shape index (κ2) is 8.00. The van der Waals surface area contributed by atoms with Gasteiger partial charge in [0.2, 0.25) is 0 Å². The lowest BCUT2D eigenvalue weighted by Gasteiger charge is -2.14. The van der Waals surface area contributed by atoms with Gasteiger partial charge in [-0.15, -0.1) is 0 Å². The van der Waals surface area contributed by atoms with E-state index in [0.717, 1.165) is 20.6 Å². The van der Waals surface area contributed by atoms with Crippen LogP contribution >= 0.6 is 22.6 Å². The van der Waals surface area contributed by atoms with Gasteiger partial charge >= 0.3 is 0 Å². The van der Waals surface area contributed by atoms with E-state index in [0.29, 0.717) is 18.9 Å². The number of nitro benzene ring substituents is 1. The van der Waals surface area contributed by atoms with E-state index in [1.807, 2.05) is 19.1 Å². The van der Waals surface area contributed by atoms with Gasteiger partial charge in [0.25, 0.3) is 5.69 Å². The lowest BCUT2D eigenvalue weighted by molar-refractivity contribution is -0.384. The fourth-order valence-electron chi connectivity index (χ4n) is 2.06. The summed E-state index contributed by atoms with van der Waals surface area (Å²) in [4.78, 5) is 10.2. The molecular weight excluding hydrogens is 411 g/mol. The number of non-ortho nitro benzene ring substituents is 1. The van der Waals surface area contributed by atoms with Crippen molar-refractivity contribution >= 4 is 34.0 Å². The molecule has 0 radical (unpaired) electrons. The summed E-state index contributed by atoms with van der Waals surface area (Å²) in [7, 11) is 1.61. The molecule has 0 spiro atoms. The Labute approximate surface area is 148 Å². The number of benzene rings is 2. The zero-order valence-electron chi connectivity index (χ0n) is 12.8. The summed E-state index contributed by atoms with van der Waals surface area (Å²) >= 11 is 2.22. The van der Waals surface area contributed by atoms with Crippen molar-refractivity contribution in [1.82, 2.24) is 0 Å². The molecule has 2 rings (SSSR count). The van der Waals surface area contributed by atoms with Crippen LogP contribution in [-0.4, -0.2) is 18.6 Å². The first kappa shape index (κ1) is 17.3. The van der Waals surface area contributed by atoms with E-state index in [1.54, 1.807) is 19.2 Å². The molecule has 0 aliphatic carbocycles. The Kier molecular flexibility index (Phi) is 6.03. The van der Waals surface area contributed by atoms with E-state index in [9.17, 15) is 10.1 Å². The number of anilines is 1. The highest BCUT2D eigenvalue weighted by Gasteiger charge is 2.11. The fraction of sp³-hybridized carbons (Fsp3) is 0.250. The number of rotatable bonds is 7. The highest BCUT2D eigenvalue weighted by Crippen LogP contribution is 2.34. The molecule has 7 heteroatoms. The summed E-state index contributed by atoms with van der Waals surface area (Å²) < 4.78 is 12.0. The Morgan fingerprint density at radius 1 is 1.26 bits per heavy atom. The predicted molar refractivity (Wildman–Crippen MR) is 97.3 cm³/mol. The van der Waals surface area contributed by atoms with E-state index < -0.39 is 4.92 Å². The normalized spacial score (nSPS) is 10.2. The fourth-order valence-corrected chi connectivity index (χ4v) is 2.89. The van der Waals surface area contributed by atoms with Gasteiger partial charge in [0.15, 0.2) is 11.5 Å². The second-order valence-corrected chi connectivity index (χ2v) is 5.86. The largest absolute Gasteiger partial charge is 0.493 e. The summed E-state index contributed by atoms with van der Waals surface area (Å²) in [5.41, 5.74) is 1.93. The molecule has 0 heterocycles. The summed E-state index contributed by atoms with van der Waals surface area (Å²) in [5.74, 6) is 1.44. The third-order valence-electron chi connectivity index (χ3n) is 3.15. The third-order valence-corrected chi connectivity index (χ3v) is 3.95. The second-order valence-electron chi connectivity index (χ2n) is 4.70. The van der Waals surface area contributed by atoms with Crippen LogP contribution < -0.4 is 14.8 Å². The summed E-state index contributed by atoms with van der Waals surface area (Å²) in [6.07, 6.45) is 0. The molecule has 0 aromatic heterocycles. The molecule has 0 aliphatic heterocycles. The van der Waals surface area contributed by atoms with Crippen LogP contribution in [0.25, 0.3) is 0 Å². The van der Waals surface area contributed by atoms with Crippen molar-refractivity contribution in [2.75, 3.05) is 19.0 Å². The maximum absolute atomic E-state index is 10.6. The van der Waals surface area contributed by atoms with Crippen molar-refractivity contribution in [2.45, 2.75) is 13.5 Å². The Bertz CT molecular complexity index is 689. The molecule has 0 amide bonds. The highest BCUT2D eigenvalue weighted by molar-refractivity contribution is 14.1. The topological polar surface area (TPSA) is 73.6 Å². The first-order valence-electron chi connectivity index (χ1n) is 7.02. The van der Waals surface area contributed by atoms with Gasteiger partial charge in [-0.3, -0.25) is 10.1 Å². The molecule has 2 aromatic rings. The van der Waals surface area contributed by atoms with Crippen LogP contribution in [0.2, 0.25) is 0 Å². The molecular formula is C16H17IN2O4. The van der Waals surface area contributed by atoms with Crippen LogP contribution in [0.15, 0.2) is 36.4 Å². The average Bonchev–Trinajstić information content (AvgIpc) is 2.55. The lowest BCUT2D eigenvalue weighted by Crippen LogP contribution is -2.03. The molecule has 0 atom stereocenters. The molecule has 122 valence electrons. The van der Waals surface area contributed by atoms with Crippen molar-refractivity contribution in [2.24, 2.45) is 0 Å². The first-order valence-corrected chi connectivity index (χ1v) is 8.10. The number of halogens is 1. The van der Waals surface area contributed by atoms with Gasteiger partial charge < -0.3 is 14.8 Å². The van der Waals surface area contributed by atoms with Crippen LogP contribution in [0.5, 0.6) is 11.5 Å². The molecule has 0 saturated carbocycles. The Hall–Kier alpha value is -2.03. The molecule has 0 fully saturated rings. The summed E-state index contributed by atoms with van der Waals surface area (Å²) in [6.45, 7) is 3.09. The zero-order chi connectivity index (χ0) is 16.8.